The van der Waals surface area contributed by atoms with E-state index in [9.17, 15) is 4.79 Å². The van der Waals surface area contributed by atoms with Crippen LogP contribution in [0.1, 0.15) is 39.7 Å². The summed E-state index contributed by atoms with van der Waals surface area (Å²) in [6.45, 7) is 8.11. The number of hydrogen-bond acceptors (Lipinski definition) is 4. The minimum atomic E-state index is -0.0479. The molecule has 5 nitrogen and oxygen atoms in total. The first kappa shape index (κ1) is 16.5. The molecule has 1 atom stereocenters. The van der Waals surface area contributed by atoms with E-state index in [1.165, 1.54) is 4.68 Å². The first-order valence-corrected chi connectivity index (χ1v) is 8.44. The molecule has 6 heteroatoms. The monoisotopic (exact) mass is 356 g/mol. The molecule has 0 aromatic carbocycles. The highest BCUT2D eigenvalue weighted by molar-refractivity contribution is 9.10. The molecule has 1 aliphatic rings. The summed E-state index contributed by atoms with van der Waals surface area (Å²) in [6, 6.07) is 0.618. The minimum Gasteiger partial charge on any atom is -0.369 e. The number of rotatable bonds is 4. The number of nitrogens with zero attached hydrogens (tertiary/aromatic N) is 3. The average molecular weight is 357 g/mol. The van der Waals surface area contributed by atoms with Gasteiger partial charge in [-0.1, -0.05) is 0 Å². The maximum absolute atomic E-state index is 12.3. The molecule has 0 spiro atoms. The van der Waals surface area contributed by atoms with Crippen LogP contribution in [0, 0.1) is 5.92 Å². The second kappa shape index (κ2) is 6.92. The van der Waals surface area contributed by atoms with Crippen molar-refractivity contribution >= 4 is 21.6 Å². The van der Waals surface area contributed by atoms with Gasteiger partial charge in [0.05, 0.1) is 17.9 Å². The first-order valence-electron chi connectivity index (χ1n) is 7.65. The lowest BCUT2D eigenvalue weighted by molar-refractivity contribution is 0.323. The van der Waals surface area contributed by atoms with Crippen LogP contribution in [0.3, 0.4) is 0 Å². The molecule has 1 saturated heterocycles. The summed E-state index contributed by atoms with van der Waals surface area (Å²) in [5.41, 5.74) is 0.876. The van der Waals surface area contributed by atoms with Gasteiger partial charge in [0.1, 0.15) is 4.47 Å². The van der Waals surface area contributed by atoms with Gasteiger partial charge < -0.3 is 10.2 Å². The van der Waals surface area contributed by atoms with Crippen LogP contribution in [0.5, 0.6) is 0 Å². The number of nitrogens with one attached hydrogen (secondary N) is 1. The molecule has 21 heavy (non-hydrogen) atoms. The van der Waals surface area contributed by atoms with Gasteiger partial charge in [-0.15, -0.1) is 0 Å². The number of piperidine rings is 1. The molecule has 2 heterocycles. The Kier molecular flexibility index (Phi) is 5.43. The Hall–Kier alpha value is -0.880. The van der Waals surface area contributed by atoms with E-state index in [0.717, 1.165) is 31.6 Å². The van der Waals surface area contributed by atoms with Crippen molar-refractivity contribution in [3.05, 3.63) is 21.0 Å². The molecule has 0 radical (unpaired) electrons. The highest BCUT2D eigenvalue weighted by atomic mass is 79.9. The Morgan fingerprint density at radius 1 is 1.33 bits per heavy atom. The molecular formula is C15H25BrN4O. The van der Waals surface area contributed by atoms with E-state index >= 15 is 0 Å². The van der Waals surface area contributed by atoms with Gasteiger partial charge in [0, 0.05) is 19.1 Å². The van der Waals surface area contributed by atoms with Crippen molar-refractivity contribution in [1.29, 1.82) is 0 Å². The van der Waals surface area contributed by atoms with Crippen LogP contribution in [-0.4, -0.2) is 36.0 Å². The molecule has 1 N–H and O–H groups in total. The van der Waals surface area contributed by atoms with Crippen LogP contribution in [-0.2, 0) is 0 Å². The first-order chi connectivity index (χ1) is 9.95. The standard InChI is InChI=1S/C15H25BrN4O/c1-10(2)20-15(21)14(16)13(9-18-20)19-7-5-12(6-8-19)11(3)17-4/h9-12,17H,5-8H2,1-4H3. The molecule has 1 aromatic heterocycles. The molecule has 2 rings (SSSR count). The van der Waals surface area contributed by atoms with Crippen LogP contribution >= 0.6 is 15.9 Å². The summed E-state index contributed by atoms with van der Waals surface area (Å²) in [5.74, 6) is 0.703. The smallest absolute Gasteiger partial charge is 0.283 e. The fraction of sp³-hybridized carbons (Fsp3) is 0.733. The molecule has 0 aliphatic carbocycles. The van der Waals surface area contributed by atoms with Crippen molar-refractivity contribution < 1.29 is 0 Å². The lowest BCUT2D eigenvalue weighted by Gasteiger charge is -2.36. The zero-order chi connectivity index (χ0) is 15.6. The largest absolute Gasteiger partial charge is 0.369 e. The number of halogens is 1. The summed E-state index contributed by atoms with van der Waals surface area (Å²) in [6.07, 6.45) is 4.09. The van der Waals surface area contributed by atoms with Crippen LogP contribution in [0.15, 0.2) is 15.5 Å². The van der Waals surface area contributed by atoms with Crippen molar-refractivity contribution in [3.63, 3.8) is 0 Å². The van der Waals surface area contributed by atoms with Gasteiger partial charge in [-0.2, -0.15) is 5.10 Å². The third kappa shape index (κ3) is 3.48. The second-order valence-electron chi connectivity index (χ2n) is 6.09. The average Bonchev–Trinajstić information content (AvgIpc) is 2.49. The second-order valence-corrected chi connectivity index (χ2v) is 6.88. The zero-order valence-corrected chi connectivity index (χ0v) is 14.9. The van der Waals surface area contributed by atoms with Crippen molar-refractivity contribution in [2.24, 2.45) is 5.92 Å². The predicted molar refractivity (Wildman–Crippen MR) is 90.0 cm³/mol. The fourth-order valence-electron chi connectivity index (χ4n) is 2.90. The van der Waals surface area contributed by atoms with E-state index in [-0.39, 0.29) is 11.6 Å². The molecule has 1 fully saturated rings. The van der Waals surface area contributed by atoms with Crippen LogP contribution in [0.2, 0.25) is 0 Å². The van der Waals surface area contributed by atoms with Crippen LogP contribution in [0.4, 0.5) is 5.69 Å². The van der Waals surface area contributed by atoms with Crippen molar-refractivity contribution in [1.82, 2.24) is 15.1 Å². The Labute approximate surface area is 134 Å². The van der Waals surface area contributed by atoms with Crippen LogP contribution < -0.4 is 15.8 Å². The molecule has 118 valence electrons. The van der Waals surface area contributed by atoms with Gasteiger partial charge in [-0.05, 0) is 62.5 Å². The zero-order valence-electron chi connectivity index (χ0n) is 13.3. The Morgan fingerprint density at radius 2 is 1.95 bits per heavy atom. The molecular weight excluding hydrogens is 332 g/mol. The van der Waals surface area contributed by atoms with Gasteiger partial charge in [0.2, 0.25) is 0 Å². The van der Waals surface area contributed by atoms with Gasteiger partial charge in [-0.3, -0.25) is 4.79 Å². The topological polar surface area (TPSA) is 50.2 Å². The summed E-state index contributed by atoms with van der Waals surface area (Å²) in [5, 5.41) is 7.64. The van der Waals surface area contributed by atoms with Crippen LogP contribution in [0.25, 0.3) is 0 Å². The minimum absolute atomic E-state index is 0.0479. The molecule has 0 bridgehead atoms. The normalized spacial score (nSPS) is 18.3. The van der Waals surface area contributed by atoms with Gasteiger partial charge in [0.25, 0.3) is 5.56 Å². The van der Waals surface area contributed by atoms with E-state index in [4.69, 9.17) is 0 Å². The molecule has 1 aromatic rings. The summed E-state index contributed by atoms with van der Waals surface area (Å²) >= 11 is 3.47. The van der Waals surface area contributed by atoms with Crippen molar-refractivity contribution in [2.75, 3.05) is 25.0 Å². The van der Waals surface area contributed by atoms with Gasteiger partial charge in [0.15, 0.2) is 0 Å². The van der Waals surface area contributed by atoms with E-state index in [2.05, 4.69) is 38.2 Å². The summed E-state index contributed by atoms with van der Waals surface area (Å²) in [7, 11) is 2.02. The number of aromatic nitrogens is 2. The van der Waals surface area contributed by atoms with E-state index in [0.29, 0.717) is 16.4 Å². The van der Waals surface area contributed by atoms with E-state index < -0.39 is 0 Å². The number of hydrogen-bond donors (Lipinski definition) is 1. The summed E-state index contributed by atoms with van der Waals surface area (Å²) < 4.78 is 2.15. The predicted octanol–water partition coefficient (Wildman–Crippen LogP) is 2.41. The Balaban J connectivity index is 2.14. The van der Waals surface area contributed by atoms with Gasteiger partial charge in [-0.25, -0.2) is 4.68 Å². The molecule has 0 saturated carbocycles. The third-order valence-electron chi connectivity index (χ3n) is 4.46. The van der Waals surface area contributed by atoms with E-state index in [1.807, 2.05) is 27.1 Å². The SMILES string of the molecule is CNC(C)C1CCN(c2cnn(C(C)C)c(=O)c2Br)CC1. The lowest BCUT2D eigenvalue weighted by Crippen LogP contribution is -2.41. The quantitative estimate of drug-likeness (QED) is 0.899. The number of anilines is 1. The summed E-state index contributed by atoms with van der Waals surface area (Å²) in [4.78, 5) is 14.6. The van der Waals surface area contributed by atoms with Gasteiger partial charge >= 0.3 is 0 Å². The molecule has 1 aliphatic heterocycles. The fourth-order valence-corrected chi connectivity index (χ4v) is 3.44. The van der Waals surface area contributed by atoms with E-state index in [1.54, 1.807) is 0 Å². The molecule has 0 amide bonds. The maximum Gasteiger partial charge on any atom is 0.283 e. The maximum atomic E-state index is 12.3. The highest BCUT2D eigenvalue weighted by Crippen LogP contribution is 2.28. The van der Waals surface area contributed by atoms with Crippen molar-refractivity contribution in [2.45, 2.75) is 45.7 Å². The third-order valence-corrected chi connectivity index (χ3v) is 5.20. The Bertz CT molecular complexity index is 535. The van der Waals surface area contributed by atoms with Crippen molar-refractivity contribution in [3.8, 4) is 0 Å². The molecule has 1 unspecified atom stereocenters. The lowest BCUT2D eigenvalue weighted by atomic mass is 9.90. The Morgan fingerprint density at radius 3 is 2.48 bits per heavy atom. The highest BCUT2D eigenvalue weighted by Gasteiger charge is 2.25.